The van der Waals surface area contributed by atoms with Gasteiger partial charge in [0.25, 0.3) is 5.91 Å². The SMILES string of the molecule is C=C(CCC(C)(C)CCC)c1cc(C2C[C@]3(CO)CC[C@](CO)(C2)O3)ccc1NC(=O)c1ncc(C#N)[nH]1. The molecule has 204 valence electrons. The van der Waals surface area contributed by atoms with E-state index in [1.807, 2.05) is 18.2 Å². The summed E-state index contributed by atoms with van der Waals surface area (Å²) in [4.78, 5) is 19.7. The Balaban J connectivity index is 1.64. The highest BCUT2D eigenvalue weighted by Crippen LogP contribution is 2.53. The highest BCUT2D eigenvalue weighted by Gasteiger charge is 2.54. The van der Waals surface area contributed by atoms with Crippen molar-refractivity contribution in [2.45, 2.75) is 89.3 Å². The number of aliphatic hydroxyl groups is 2. The van der Waals surface area contributed by atoms with Gasteiger partial charge in [-0.05, 0) is 79.5 Å². The third-order valence-electron chi connectivity index (χ3n) is 8.37. The first-order valence-corrected chi connectivity index (χ1v) is 13.6. The van der Waals surface area contributed by atoms with Gasteiger partial charge in [0, 0.05) is 11.3 Å². The van der Waals surface area contributed by atoms with Crippen LogP contribution in [0.5, 0.6) is 0 Å². The van der Waals surface area contributed by atoms with Crippen LogP contribution in [0.25, 0.3) is 5.57 Å². The largest absolute Gasteiger partial charge is 0.393 e. The lowest BCUT2D eigenvalue weighted by atomic mass is 9.78. The smallest absolute Gasteiger partial charge is 0.291 e. The summed E-state index contributed by atoms with van der Waals surface area (Å²) >= 11 is 0. The van der Waals surface area contributed by atoms with E-state index in [1.54, 1.807) is 0 Å². The van der Waals surface area contributed by atoms with Crippen molar-refractivity contribution in [1.29, 1.82) is 5.26 Å². The minimum Gasteiger partial charge on any atom is -0.393 e. The summed E-state index contributed by atoms with van der Waals surface area (Å²) in [6, 6.07) is 7.95. The molecular weight excluding hydrogens is 480 g/mol. The number of carbonyl (C=O) groups excluding carboxylic acids is 1. The van der Waals surface area contributed by atoms with E-state index < -0.39 is 17.1 Å². The molecule has 0 saturated carbocycles. The van der Waals surface area contributed by atoms with Crippen molar-refractivity contribution in [1.82, 2.24) is 9.97 Å². The molecule has 1 unspecified atom stereocenters. The molecule has 0 radical (unpaired) electrons. The van der Waals surface area contributed by atoms with Crippen molar-refractivity contribution in [2.24, 2.45) is 5.41 Å². The van der Waals surface area contributed by atoms with Gasteiger partial charge in [0.2, 0.25) is 0 Å². The number of aliphatic hydroxyl groups excluding tert-OH is 2. The van der Waals surface area contributed by atoms with Crippen molar-refractivity contribution in [2.75, 3.05) is 18.5 Å². The predicted octanol–water partition coefficient (Wildman–Crippen LogP) is 5.30. The molecule has 8 nitrogen and oxygen atoms in total. The quantitative estimate of drug-likeness (QED) is 0.318. The van der Waals surface area contributed by atoms with E-state index in [0.29, 0.717) is 18.5 Å². The number of allylic oxidation sites excluding steroid dienone is 1. The summed E-state index contributed by atoms with van der Waals surface area (Å²) in [5.41, 5.74) is 2.67. The number of fused-ring (bicyclic) bond motifs is 2. The Morgan fingerprint density at radius 3 is 2.53 bits per heavy atom. The Morgan fingerprint density at radius 2 is 1.95 bits per heavy atom. The summed E-state index contributed by atoms with van der Waals surface area (Å²) in [5, 5.41) is 32.3. The summed E-state index contributed by atoms with van der Waals surface area (Å²) < 4.78 is 6.23. The fourth-order valence-electron chi connectivity index (χ4n) is 6.18. The van der Waals surface area contributed by atoms with Crippen LogP contribution in [0.3, 0.4) is 0 Å². The fraction of sp³-hybridized carbons (Fsp3) is 0.567. The molecular formula is C30H40N4O4. The normalized spacial score (nSPS) is 24.7. The van der Waals surface area contributed by atoms with Gasteiger partial charge in [-0.15, -0.1) is 0 Å². The number of rotatable bonds is 11. The number of nitriles is 1. The molecule has 2 aromatic rings. The first kappa shape index (κ1) is 28.0. The average Bonchev–Trinajstić information content (AvgIpc) is 3.50. The second-order valence-corrected chi connectivity index (χ2v) is 11.9. The summed E-state index contributed by atoms with van der Waals surface area (Å²) in [6.45, 7) is 11.0. The fourth-order valence-corrected chi connectivity index (χ4v) is 6.18. The van der Waals surface area contributed by atoms with Crippen LogP contribution in [-0.2, 0) is 4.74 Å². The molecule has 1 aromatic heterocycles. The van der Waals surface area contributed by atoms with Crippen LogP contribution in [0.2, 0.25) is 0 Å². The summed E-state index contributed by atoms with van der Waals surface area (Å²) in [5.74, 6) is -0.258. The zero-order valence-corrected chi connectivity index (χ0v) is 22.8. The number of aromatic amines is 1. The van der Waals surface area contributed by atoms with Crippen LogP contribution >= 0.6 is 0 Å². The maximum Gasteiger partial charge on any atom is 0.291 e. The third kappa shape index (κ3) is 5.85. The second kappa shape index (κ2) is 11.0. The number of benzene rings is 1. The van der Waals surface area contributed by atoms with Crippen LogP contribution in [0.15, 0.2) is 31.0 Å². The lowest BCUT2D eigenvalue weighted by Crippen LogP contribution is -2.47. The lowest BCUT2D eigenvalue weighted by molar-refractivity contribution is -0.177. The highest BCUT2D eigenvalue weighted by molar-refractivity contribution is 6.03. The van der Waals surface area contributed by atoms with Crippen LogP contribution in [0, 0.1) is 16.7 Å². The molecule has 3 heterocycles. The Morgan fingerprint density at radius 1 is 1.26 bits per heavy atom. The Labute approximate surface area is 225 Å². The molecule has 2 bridgehead atoms. The van der Waals surface area contributed by atoms with E-state index in [1.165, 1.54) is 6.20 Å². The summed E-state index contributed by atoms with van der Waals surface area (Å²) in [7, 11) is 0. The second-order valence-electron chi connectivity index (χ2n) is 11.9. The average molecular weight is 521 g/mol. The van der Waals surface area contributed by atoms with Gasteiger partial charge in [0.05, 0.1) is 30.6 Å². The maximum absolute atomic E-state index is 12.9. The molecule has 4 N–H and O–H groups in total. The molecule has 2 fully saturated rings. The summed E-state index contributed by atoms with van der Waals surface area (Å²) in [6.07, 6.45) is 8.15. The highest BCUT2D eigenvalue weighted by atomic mass is 16.6. The van der Waals surface area contributed by atoms with E-state index in [9.17, 15) is 15.0 Å². The van der Waals surface area contributed by atoms with Crippen molar-refractivity contribution in [3.8, 4) is 6.07 Å². The number of hydrogen-bond donors (Lipinski definition) is 4. The molecule has 2 saturated heterocycles. The van der Waals surface area contributed by atoms with Gasteiger partial charge in [-0.1, -0.05) is 39.8 Å². The number of nitrogens with zero attached hydrogens (tertiary/aromatic N) is 2. The number of amides is 1. The topological polar surface area (TPSA) is 131 Å². The van der Waals surface area contributed by atoms with Crippen LogP contribution in [-0.4, -0.2) is 50.5 Å². The van der Waals surface area contributed by atoms with Crippen LogP contribution in [0.1, 0.15) is 105 Å². The Bertz CT molecular complexity index is 1210. The van der Waals surface area contributed by atoms with E-state index in [-0.39, 0.29) is 36.1 Å². The zero-order valence-electron chi connectivity index (χ0n) is 22.8. The number of nitrogens with one attached hydrogen (secondary N) is 2. The molecule has 4 rings (SSSR count). The molecule has 0 spiro atoms. The molecule has 1 aromatic carbocycles. The standard InChI is InChI=1S/C30H40N4O4/c1-5-9-28(3,4)10-8-20(2)24-13-21(22-14-29(18-35)11-12-30(15-22,19-36)38-29)6-7-25(24)34-27(37)26-32-17-23(16-31)33-26/h6-7,13,17,22,35-36H,2,5,8-12,14-15,18-19H2,1,3-4H3,(H,32,33)(H,34,37)/t22?,29-,30+. The number of anilines is 1. The Hall–Kier alpha value is -2.99. The Kier molecular flexibility index (Phi) is 8.12. The molecule has 2 aliphatic rings. The number of ether oxygens (including phenoxy) is 1. The van der Waals surface area contributed by atoms with Gasteiger partial charge in [-0.3, -0.25) is 4.79 Å². The number of hydrogen-bond acceptors (Lipinski definition) is 6. The van der Waals surface area contributed by atoms with Crippen molar-refractivity contribution in [3.63, 3.8) is 0 Å². The van der Waals surface area contributed by atoms with Gasteiger partial charge in [0.1, 0.15) is 11.8 Å². The molecule has 2 aliphatic heterocycles. The molecule has 3 atom stereocenters. The molecule has 38 heavy (non-hydrogen) atoms. The zero-order chi connectivity index (χ0) is 27.6. The van der Waals surface area contributed by atoms with Gasteiger partial charge < -0.3 is 25.3 Å². The van der Waals surface area contributed by atoms with Gasteiger partial charge in [0.15, 0.2) is 5.82 Å². The monoisotopic (exact) mass is 520 g/mol. The van der Waals surface area contributed by atoms with Gasteiger partial charge >= 0.3 is 0 Å². The minimum atomic E-state index is -0.627. The van der Waals surface area contributed by atoms with E-state index in [4.69, 9.17) is 10.00 Å². The maximum atomic E-state index is 12.9. The third-order valence-corrected chi connectivity index (χ3v) is 8.37. The van der Waals surface area contributed by atoms with Gasteiger partial charge in [-0.25, -0.2) is 4.98 Å². The molecule has 1 amide bonds. The van der Waals surface area contributed by atoms with E-state index in [0.717, 1.165) is 55.2 Å². The van der Waals surface area contributed by atoms with E-state index >= 15 is 0 Å². The first-order chi connectivity index (χ1) is 18.1. The van der Waals surface area contributed by atoms with Crippen LogP contribution < -0.4 is 5.32 Å². The van der Waals surface area contributed by atoms with E-state index in [2.05, 4.69) is 48.7 Å². The number of H-pyrrole nitrogens is 1. The predicted molar refractivity (Wildman–Crippen MR) is 147 cm³/mol. The number of imidazole rings is 1. The number of aromatic nitrogens is 2. The minimum absolute atomic E-state index is 0.0701. The molecule has 0 aliphatic carbocycles. The number of carbonyl (C=O) groups is 1. The van der Waals surface area contributed by atoms with Crippen molar-refractivity contribution < 1.29 is 19.7 Å². The van der Waals surface area contributed by atoms with Crippen molar-refractivity contribution in [3.05, 3.63) is 53.6 Å². The van der Waals surface area contributed by atoms with Gasteiger partial charge in [-0.2, -0.15) is 5.26 Å². The first-order valence-electron chi connectivity index (χ1n) is 13.6. The molecule has 8 heteroatoms. The van der Waals surface area contributed by atoms with Crippen molar-refractivity contribution >= 4 is 17.2 Å². The lowest BCUT2D eigenvalue weighted by Gasteiger charge is -2.43. The van der Waals surface area contributed by atoms with Crippen LogP contribution in [0.4, 0.5) is 5.69 Å².